The van der Waals surface area contributed by atoms with Crippen LogP contribution in [-0.2, 0) is 11.2 Å². The second-order valence-corrected chi connectivity index (χ2v) is 4.27. The highest BCUT2D eigenvalue weighted by atomic mass is 19.1. The van der Waals surface area contributed by atoms with Gasteiger partial charge in [0.2, 0.25) is 11.7 Å². The molecular weight excluding hydrogens is 249 g/mol. The average Bonchev–Trinajstić information content (AvgIpc) is 2.87. The van der Waals surface area contributed by atoms with E-state index in [1.807, 2.05) is 6.92 Å². The fraction of sp³-hybridized carbons (Fsp3) is 0.385. The molecule has 0 saturated heterocycles. The number of hydrogen-bond donors (Lipinski definition) is 1. The fourth-order valence-electron chi connectivity index (χ4n) is 1.74. The summed E-state index contributed by atoms with van der Waals surface area (Å²) in [6.45, 7) is 2.23. The third-order valence-corrected chi connectivity index (χ3v) is 2.91. The van der Waals surface area contributed by atoms with Gasteiger partial charge in [0.05, 0.1) is 12.5 Å². The molecule has 0 aliphatic carbocycles. The van der Waals surface area contributed by atoms with Gasteiger partial charge in [-0.15, -0.1) is 0 Å². The van der Waals surface area contributed by atoms with E-state index in [2.05, 4.69) is 10.1 Å². The first-order valence-corrected chi connectivity index (χ1v) is 5.96. The van der Waals surface area contributed by atoms with Gasteiger partial charge in [-0.25, -0.2) is 4.39 Å². The van der Waals surface area contributed by atoms with Gasteiger partial charge in [-0.2, -0.15) is 4.98 Å². The summed E-state index contributed by atoms with van der Waals surface area (Å²) < 4.78 is 23.5. The smallest absolute Gasteiger partial charge is 0.229 e. The molecule has 1 aromatic heterocycles. The second kappa shape index (κ2) is 5.90. The minimum absolute atomic E-state index is 0.165. The van der Waals surface area contributed by atoms with Gasteiger partial charge in [0, 0.05) is 19.2 Å². The summed E-state index contributed by atoms with van der Waals surface area (Å²) in [5.74, 6) is 0.471. The lowest BCUT2D eigenvalue weighted by Crippen LogP contribution is -2.24. The lowest BCUT2D eigenvalue weighted by atomic mass is 10.1. The van der Waals surface area contributed by atoms with E-state index in [-0.39, 0.29) is 11.9 Å². The van der Waals surface area contributed by atoms with Gasteiger partial charge in [0.15, 0.2) is 0 Å². The second-order valence-electron chi connectivity index (χ2n) is 4.27. The zero-order valence-electron chi connectivity index (χ0n) is 10.9. The molecule has 1 atom stereocenters. The van der Waals surface area contributed by atoms with E-state index in [1.54, 1.807) is 13.2 Å². The number of benzene rings is 1. The van der Waals surface area contributed by atoms with Crippen molar-refractivity contribution >= 4 is 0 Å². The van der Waals surface area contributed by atoms with Crippen molar-refractivity contribution in [3.63, 3.8) is 0 Å². The summed E-state index contributed by atoms with van der Waals surface area (Å²) in [7, 11) is 1.57. The van der Waals surface area contributed by atoms with Crippen LogP contribution in [0.2, 0.25) is 0 Å². The molecule has 102 valence electrons. The largest absolute Gasteiger partial charge is 0.380 e. The Morgan fingerprint density at radius 2 is 2.26 bits per heavy atom. The van der Waals surface area contributed by atoms with E-state index in [0.717, 1.165) is 5.56 Å². The molecule has 2 rings (SSSR count). The summed E-state index contributed by atoms with van der Waals surface area (Å²) in [6.07, 6.45) is 0.274. The summed E-state index contributed by atoms with van der Waals surface area (Å²) in [5, 5.41) is 3.86. The van der Waals surface area contributed by atoms with Crippen molar-refractivity contribution in [2.24, 2.45) is 5.73 Å². The van der Waals surface area contributed by atoms with Gasteiger partial charge in [0.25, 0.3) is 0 Å². The Morgan fingerprint density at radius 3 is 2.95 bits per heavy atom. The maximum absolute atomic E-state index is 13.2. The molecule has 0 spiro atoms. The predicted octanol–water partition coefficient (Wildman–Crippen LogP) is 1.70. The highest BCUT2D eigenvalue weighted by Gasteiger charge is 2.15. The predicted molar refractivity (Wildman–Crippen MR) is 68.0 cm³/mol. The van der Waals surface area contributed by atoms with Crippen LogP contribution in [0.4, 0.5) is 4.39 Å². The van der Waals surface area contributed by atoms with Crippen LogP contribution in [0, 0.1) is 12.7 Å². The molecule has 19 heavy (non-hydrogen) atoms. The van der Waals surface area contributed by atoms with Crippen LogP contribution >= 0.6 is 0 Å². The number of ether oxygens (including phenoxy) is 1. The first-order valence-electron chi connectivity index (χ1n) is 5.96. The van der Waals surface area contributed by atoms with Crippen LogP contribution in [0.1, 0.15) is 11.5 Å². The maximum atomic E-state index is 13.2. The van der Waals surface area contributed by atoms with Gasteiger partial charge in [-0.1, -0.05) is 11.2 Å². The number of halogens is 1. The quantitative estimate of drug-likeness (QED) is 0.890. The van der Waals surface area contributed by atoms with Gasteiger partial charge in [-0.3, -0.25) is 0 Å². The standard InChI is InChI=1S/C13H16FN3O2/c1-8-3-4-9(14)5-11(8)13-16-12(19-17-13)6-10(7-15)18-2/h3-5,10H,6-7,15H2,1-2H3. The molecule has 1 aromatic carbocycles. The van der Waals surface area contributed by atoms with Crippen LogP contribution < -0.4 is 5.73 Å². The van der Waals surface area contributed by atoms with E-state index in [1.165, 1.54) is 12.1 Å². The van der Waals surface area contributed by atoms with E-state index in [0.29, 0.717) is 30.2 Å². The van der Waals surface area contributed by atoms with Crippen LogP contribution in [0.25, 0.3) is 11.4 Å². The third kappa shape index (κ3) is 3.15. The van der Waals surface area contributed by atoms with Crippen molar-refractivity contribution in [2.45, 2.75) is 19.4 Å². The third-order valence-electron chi connectivity index (χ3n) is 2.91. The van der Waals surface area contributed by atoms with Gasteiger partial charge < -0.3 is 15.0 Å². The molecule has 6 heteroatoms. The number of aryl methyl sites for hydroxylation is 1. The molecule has 5 nitrogen and oxygen atoms in total. The molecule has 0 aliphatic heterocycles. The Hall–Kier alpha value is -1.79. The highest BCUT2D eigenvalue weighted by molar-refractivity contribution is 5.59. The highest BCUT2D eigenvalue weighted by Crippen LogP contribution is 2.21. The Balaban J connectivity index is 2.23. The number of aromatic nitrogens is 2. The van der Waals surface area contributed by atoms with Crippen molar-refractivity contribution in [3.05, 3.63) is 35.5 Å². The lowest BCUT2D eigenvalue weighted by molar-refractivity contribution is 0.102. The number of rotatable bonds is 5. The molecule has 0 aliphatic rings. The van der Waals surface area contributed by atoms with Gasteiger partial charge in [-0.05, 0) is 24.6 Å². The Kier molecular flexibility index (Phi) is 4.24. The van der Waals surface area contributed by atoms with Crippen molar-refractivity contribution < 1.29 is 13.7 Å². The molecule has 1 unspecified atom stereocenters. The lowest BCUT2D eigenvalue weighted by Gasteiger charge is -2.08. The zero-order valence-corrected chi connectivity index (χ0v) is 10.9. The normalized spacial score (nSPS) is 12.6. The van der Waals surface area contributed by atoms with E-state index in [9.17, 15) is 4.39 Å². The molecular formula is C13H16FN3O2. The number of nitrogens with two attached hydrogens (primary N) is 1. The number of hydrogen-bond acceptors (Lipinski definition) is 5. The fourth-order valence-corrected chi connectivity index (χ4v) is 1.74. The SMILES string of the molecule is COC(CN)Cc1nc(-c2cc(F)ccc2C)no1. The van der Waals surface area contributed by atoms with Crippen molar-refractivity contribution in [3.8, 4) is 11.4 Å². The molecule has 0 saturated carbocycles. The number of nitrogens with zero attached hydrogens (tertiary/aromatic N) is 2. The Bertz CT molecular complexity index is 553. The molecule has 0 fully saturated rings. The summed E-state index contributed by atoms with van der Waals surface area (Å²) in [4.78, 5) is 4.24. The first-order chi connectivity index (χ1) is 9.13. The van der Waals surface area contributed by atoms with Crippen molar-refractivity contribution in [2.75, 3.05) is 13.7 Å². The first kappa shape index (κ1) is 13.6. The molecule has 2 N–H and O–H groups in total. The van der Waals surface area contributed by atoms with E-state index < -0.39 is 0 Å². The van der Waals surface area contributed by atoms with Gasteiger partial charge >= 0.3 is 0 Å². The molecule has 2 aromatic rings. The number of methoxy groups -OCH3 is 1. The van der Waals surface area contributed by atoms with Crippen LogP contribution in [0.15, 0.2) is 22.7 Å². The van der Waals surface area contributed by atoms with Crippen molar-refractivity contribution in [1.29, 1.82) is 0 Å². The molecule has 1 heterocycles. The van der Waals surface area contributed by atoms with E-state index >= 15 is 0 Å². The van der Waals surface area contributed by atoms with Crippen LogP contribution in [0.5, 0.6) is 0 Å². The average molecular weight is 265 g/mol. The van der Waals surface area contributed by atoms with Crippen molar-refractivity contribution in [1.82, 2.24) is 10.1 Å². The summed E-state index contributed by atoms with van der Waals surface area (Å²) >= 11 is 0. The van der Waals surface area contributed by atoms with Crippen LogP contribution in [0.3, 0.4) is 0 Å². The summed E-state index contributed by atoms with van der Waals surface area (Å²) in [5.41, 5.74) is 7.04. The molecule has 0 radical (unpaired) electrons. The molecule has 0 bridgehead atoms. The Labute approximate surface area is 110 Å². The minimum Gasteiger partial charge on any atom is -0.380 e. The Morgan fingerprint density at radius 1 is 1.47 bits per heavy atom. The van der Waals surface area contributed by atoms with E-state index in [4.69, 9.17) is 15.0 Å². The monoisotopic (exact) mass is 265 g/mol. The topological polar surface area (TPSA) is 74.2 Å². The maximum Gasteiger partial charge on any atom is 0.229 e. The van der Waals surface area contributed by atoms with Gasteiger partial charge in [0.1, 0.15) is 5.82 Å². The summed E-state index contributed by atoms with van der Waals surface area (Å²) in [6, 6.07) is 4.47. The van der Waals surface area contributed by atoms with Crippen LogP contribution in [-0.4, -0.2) is 29.9 Å². The zero-order chi connectivity index (χ0) is 13.8. The minimum atomic E-state index is -0.330. The molecule has 0 amide bonds.